The molecule has 0 heterocycles. The van der Waals surface area contributed by atoms with Crippen molar-refractivity contribution in [2.45, 2.75) is 26.3 Å². The topological polar surface area (TPSA) is 81.4 Å². The van der Waals surface area contributed by atoms with Gasteiger partial charge in [0.1, 0.15) is 0 Å². The van der Waals surface area contributed by atoms with Crippen LogP contribution in [0.15, 0.2) is 24.3 Å². The highest BCUT2D eigenvalue weighted by Crippen LogP contribution is 2.18. The minimum absolute atomic E-state index is 0.180. The fraction of sp³-hybridized carbons (Fsp3) is 0.312. The summed E-state index contributed by atoms with van der Waals surface area (Å²) in [4.78, 5) is 24.6. The molecule has 1 N–H and O–H groups in total. The summed E-state index contributed by atoms with van der Waals surface area (Å²) in [6.07, 6.45) is 2.77. The van der Waals surface area contributed by atoms with Gasteiger partial charge in [-0.2, -0.15) is 5.26 Å². The molecule has 110 valence electrons. The van der Waals surface area contributed by atoms with E-state index in [-0.39, 0.29) is 18.4 Å². The van der Waals surface area contributed by atoms with Gasteiger partial charge in [0.25, 0.3) is 5.91 Å². The molecule has 0 saturated heterocycles. The number of carbonyl (C=O) groups is 2. The van der Waals surface area contributed by atoms with Crippen molar-refractivity contribution in [3.8, 4) is 6.07 Å². The molecule has 1 aromatic rings. The molecule has 1 unspecified atom stereocenters. The average Bonchev–Trinajstić information content (AvgIpc) is 2.44. The molecule has 1 atom stereocenters. The van der Waals surface area contributed by atoms with Gasteiger partial charge in [-0.3, -0.25) is 4.79 Å². The maximum absolute atomic E-state index is 12.4. The largest absolute Gasteiger partial charge is 0.478 e. The second kappa shape index (κ2) is 7.25. The quantitative estimate of drug-likeness (QED) is 0.843. The van der Waals surface area contributed by atoms with Gasteiger partial charge in [-0.05, 0) is 37.1 Å². The van der Waals surface area contributed by atoms with E-state index in [2.05, 4.69) is 0 Å². The third kappa shape index (κ3) is 4.18. The molecule has 1 aromatic carbocycles. The predicted molar refractivity (Wildman–Crippen MR) is 79.6 cm³/mol. The lowest BCUT2D eigenvalue weighted by atomic mass is 10.0. The summed E-state index contributed by atoms with van der Waals surface area (Å²) in [5, 5.41) is 17.4. The average molecular weight is 286 g/mol. The number of hydrogen-bond donors (Lipinski definition) is 1. The standard InChI is InChI=1S/C16H18N2O3/c1-11(9-10-17)18(3)16(21)14-6-4-5-13(12(14)2)7-8-15(19)20/h4-8,11H,9H2,1-3H3,(H,19,20). The first kappa shape index (κ1) is 16.4. The number of carboxylic acid groups (broad SMARTS) is 1. The second-order valence-electron chi connectivity index (χ2n) is 4.82. The van der Waals surface area contributed by atoms with Crippen LogP contribution in [0.1, 0.15) is 34.8 Å². The highest BCUT2D eigenvalue weighted by Gasteiger charge is 2.19. The first-order chi connectivity index (χ1) is 9.88. The summed E-state index contributed by atoms with van der Waals surface area (Å²) in [5.74, 6) is -1.22. The van der Waals surface area contributed by atoms with E-state index < -0.39 is 5.97 Å². The van der Waals surface area contributed by atoms with Gasteiger partial charge in [0, 0.05) is 24.7 Å². The van der Waals surface area contributed by atoms with E-state index in [1.54, 1.807) is 32.2 Å². The minimum Gasteiger partial charge on any atom is -0.478 e. The molecule has 1 rings (SSSR count). The Morgan fingerprint density at radius 1 is 1.48 bits per heavy atom. The van der Waals surface area contributed by atoms with Crippen LogP contribution in [0, 0.1) is 18.3 Å². The Morgan fingerprint density at radius 3 is 2.71 bits per heavy atom. The number of hydrogen-bond acceptors (Lipinski definition) is 3. The lowest BCUT2D eigenvalue weighted by molar-refractivity contribution is -0.131. The molecule has 21 heavy (non-hydrogen) atoms. The van der Waals surface area contributed by atoms with Crippen LogP contribution in [-0.2, 0) is 4.79 Å². The predicted octanol–water partition coefficient (Wildman–Crippen LogP) is 2.47. The molecule has 0 spiro atoms. The van der Waals surface area contributed by atoms with Gasteiger partial charge in [0.15, 0.2) is 0 Å². The Labute approximate surface area is 124 Å². The SMILES string of the molecule is Cc1c(C=CC(=O)O)cccc1C(=O)N(C)C(C)CC#N. The molecule has 0 aromatic heterocycles. The first-order valence-corrected chi connectivity index (χ1v) is 6.53. The summed E-state index contributed by atoms with van der Waals surface area (Å²) < 4.78 is 0. The number of carboxylic acids is 1. The molecule has 0 radical (unpaired) electrons. The van der Waals surface area contributed by atoms with Gasteiger partial charge in [-0.1, -0.05) is 12.1 Å². The number of nitrogens with zero attached hydrogens (tertiary/aromatic N) is 2. The van der Waals surface area contributed by atoms with Crippen molar-refractivity contribution in [3.05, 3.63) is 41.0 Å². The molecule has 0 bridgehead atoms. The van der Waals surface area contributed by atoms with E-state index in [1.165, 1.54) is 11.0 Å². The van der Waals surface area contributed by atoms with Crippen LogP contribution in [0.2, 0.25) is 0 Å². The van der Waals surface area contributed by atoms with Gasteiger partial charge in [-0.25, -0.2) is 4.79 Å². The third-order valence-corrected chi connectivity index (χ3v) is 3.38. The summed E-state index contributed by atoms with van der Waals surface area (Å²) in [6.45, 7) is 3.59. The molecular formula is C16H18N2O3. The summed E-state index contributed by atoms with van der Waals surface area (Å²) >= 11 is 0. The van der Waals surface area contributed by atoms with Crippen molar-refractivity contribution < 1.29 is 14.7 Å². The Bertz CT molecular complexity index is 614. The Balaban J connectivity index is 3.09. The van der Waals surface area contributed by atoms with Crippen LogP contribution in [-0.4, -0.2) is 35.0 Å². The summed E-state index contributed by atoms with van der Waals surface area (Å²) in [5.41, 5.74) is 1.91. The van der Waals surface area contributed by atoms with Gasteiger partial charge in [0.05, 0.1) is 12.5 Å². The zero-order chi connectivity index (χ0) is 16.0. The van der Waals surface area contributed by atoms with Gasteiger partial charge >= 0.3 is 5.97 Å². The number of benzene rings is 1. The first-order valence-electron chi connectivity index (χ1n) is 6.53. The van der Waals surface area contributed by atoms with Crippen LogP contribution in [0.3, 0.4) is 0 Å². The van der Waals surface area contributed by atoms with E-state index >= 15 is 0 Å². The highest BCUT2D eigenvalue weighted by atomic mass is 16.4. The minimum atomic E-state index is -1.04. The van der Waals surface area contributed by atoms with Crippen molar-refractivity contribution in [3.63, 3.8) is 0 Å². The highest BCUT2D eigenvalue weighted by molar-refractivity contribution is 5.97. The normalized spacial score (nSPS) is 11.9. The van der Waals surface area contributed by atoms with Gasteiger partial charge < -0.3 is 10.0 Å². The van der Waals surface area contributed by atoms with E-state index in [4.69, 9.17) is 10.4 Å². The third-order valence-electron chi connectivity index (χ3n) is 3.38. The Hall–Kier alpha value is -2.61. The molecule has 5 nitrogen and oxygen atoms in total. The van der Waals surface area contributed by atoms with Crippen molar-refractivity contribution in [2.75, 3.05) is 7.05 Å². The van der Waals surface area contributed by atoms with Crippen molar-refractivity contribution in [1.82, 2.24) is 4.90 Å². The maximum atomic E-state index is 12.4. The maximum Gasteiger partial charge on any atom is 0.328 e. The molecule has 0 aliphatic rings. The Kier molecular flexibility index (Phi) is 5.67. The number of aliphatic carboxylic acids is 1. The van der Waals surface area contributed by atoms with Crippen LogP contribution in [0.25, 0.3) is 6.08 Å². The second-order valence-corrected chi connectivity index (χ2v) is 4.82. The Morgan fingerprint density at radius 2 is 2.14 bits per heavy atom. The molecule has 0 saturated carbocycles. The summed E-state index contributed by atoms with van der Waals surface area (Å²) in [6, 6.07) is 7.03. The fourth-order valence-electron chi connectivity index (χ4n) is 1.89. The number of amides is 1. The zero-order valence-corrected chi connectivity index (χ0v) is 12.3. The molecule has 0 aliphatic heterocycles. The van der Waals surface area contributed by atoms with Crippen LogP contribution >= 0.6 is 0 Å². The van der Waals surface area contributed by atoms with E-state index in [0.717, 1.165) is 11.6 Å². The zero-order valence-electron chi connectivity index (χ0n) is 12.3. The summed E-state index contributed by atoms with van der Waals surface area (Å²) in [7, 11) is 1.66. The lowest BCUT2D eigenvalue weighted by Crippen LogP contribution is -2.35. The number of carbonyl (C=O) groups excluding carboxylic acids is 1. The number of nitriles is 1. The van der Waals surface area contributed by atoms with E-state index in [0.29, 0.717) is 11.1 Å². The van der Waals surface area contributed by atoms with Gasteiger partial charge in [0.2, 0.25) is 0 Å². The monoisotopic (exact) mass is 286 g/mol. The molecule has 0 fully saturated rings. The van der Waals surface area contributed by atoms with Crippen molar-refractivity contribution >= 4 is 18.0 Å². The molecule has 5 heteroatoms. The molecule has 1 amide bonds. The van der Waals surface area contributed by atoms with E-state index in [1.807, 2.05) is 13.0 Å². The lowest BCUT2D eigenvalue weighted by Gasteiger charge is -2.24. The van der Waals surface area contributed by atoms with Crippen LogP contribution in [0.4, 0.5) is 0 Å². The van der Waals surface area contributed by atoms with E-state index in [9.17, 15) is 9.59 Å². The smallest absolute Gasteiger partial charge is 0.328 e. The fourth-order valence-corrected chi connectivity index (χ4v) is 1.89. The molecule has 0 aliphatic carbocycles. The van der Waals surface area contributed by atoms with Crippen LogP contribution in [0.5, 0.6) is 0 Å². The van der Waals surface area contributed by atoms with Gasteiger partial charge in [-0.15, -0.1) is 0 Å². The molecular weight excluding hydrogens is 268 g/mol. The van der Waals surface area contributed by atoms with Crippen LogP contribution < -0.4 is 0 Å². The van der Waals surface area contributed by atoms with Crippen molar-refractivity contribution in [2.24, 2.45) is 0 Å². The van der Waals surface area contributed by atoms with Crippen molar-refractivity contribution in [1.29, 1.82) is 5.26 Å². The number of rotatable bonds is 5.